The van der Waals surface area contributed by atoms with E-state index in [1.807, 2.05) is 43.5 Å². The standard InChI is InChI=1S/C19H18ClNO3S/c1-12-9-13-5-3-4-6-17(13)21(12)18(22)11-24-19(23)15-10-14(25-2)7-8-16(15)20/h3-8,10,12H,9,11H2,1-2H3/t12-/m1/s1. The zero-order chi connectivity index (χ0) is 18.0. The van der Waals surface area contributed by atoms with Crippen molar-refractivity contribution in [3.8, 4) is 0 Å². The Kier molecular flexibility index (Phi) is 5.35. The van der Waals surface area contributed by atoms with Crippen LogP contribution in [0.15, 0.2) is 47.4 Å². The molecule has 1 amide bonds. The Morgan fingerprint density at radius 2 is 2.04 bits per heavy atom. The van der Waals surface area contributed by atoms with Crippen molar-refractivity contribution in [3.63, 3.8) is 0 Å². The molecule has 0 unspecified atom stereocenters. The molecule has 1 aliphatic rings. The molecule has 4 nitrogen and oxygen atoms in total. The number of carbonyl (C=O) groups is 2. The average Bonchev–Trinajstić information content (AvgIpc) is 2.95. The smallest absolute Gasteiger partial charge is 0.340 e. The molecule has 0 fully saturated rings. The van der Waals surface area contributed by atoms with Gasteiger partial charge in [0.25, 0.3) is 5.91 Å². The van der Waals surface area contributed by atoms with E-state index in [4.69, 9.17) is 16.3 Å². The second-order valence-electron chi connectivity index (χ2n) is 5.87. The van der Waals surface area contributed by atoms with Gasteiger partial charge in [0.2, 0.25) is 0 Å². The lowest BCUT2D eigenvalue weighted by atomic mass is 10.1. The predicted octanol–water partition coefficient (Wildman–Crippen LogP) is 4.20. The Morgan fingerprint density at radius 1 is 1.28 bits per heavy atom. The fourth-order valence-electron chi connectivity index (χ4n) is 3.01. The third-order valence-corrected chi connectivity index (χ3v) is 5.25. The van der Waals surface area contributed by atoms with Crippen LogP contribution in [0.3, 0.4) is 0 Å². The van der Waals surface area contributed by atoms with Crippen LogP contribution < -0.4 is 4.90 Å². The maximum atomic E-state index is 12.6. The Labute approximate surface area is 156 Å². The number of benzene rings is 2. The highest BCUT2D eigenvalue weighted by Gasteiger charge is 2.31. The number of rotatable bonds is 4. The third kappa shape index (κ3) is 3.67. The summed E-state index contributed by atoms with van der Waals surface area (Å²) in [6.45, 7) is 1.68. The highest BCUT2D eigenvalue weighted by molar-refractivity contribution is 7.98. The van der Waals surface area contributed by atoms with Gasteiger partial charge in [0.05, 0.1) is 10.6 Å². The molecule has 0 bridgehead atoms. The number of para-hydroxylation sites is 1. The van der Waals surface area contributed by atoms with Crippen LogP contribution in [-0.2, 0) is 16.0 Å². The minimum atomic E-state index is -0.589. The SMILES string of the molecule is CSc1ccc(Cl)c(C(=O)OCC(=O)N2c3ccccc3C[C@H]2C)c1. The van der Waals surface area contributed by atoms with Crippen molar-refractivity contribution < 1.29 is 14.3 Å². The topological polar surface area (TPSA) is 46.6 Å². The lowest BCUT2D eigenvalue weighted by molar-refractivity contribution is -0.122. The van der Waals surface area contributed by atoms with E-state index in [0.29, 0.717) is 5.02 Å². The fraction of sp³-hybridized carbons (Fsp3) is 0.263. The number of hydrogen-bond acceptors (Lipinski definition) is 4. The zero-order valence-electron chi connectivity index (χ0n) is 14.0. The van der Waals surface area contributed by atoms with Gasteiger partial charge in [0, 0.05) is 16.6 Å². The molecule has 0 radical (unpaired) electrons. The summed E-state index contributed by atoms with van der Waals surface area (Å²) in [5.74, 6) is -0.822. The molecule has 25 heavy (non-hydrogen) atoms. The molecule has 130 valence electrons. The lowest BCUT2D eigenvalue weighted by Crippen LogP contribution is -2.38. The van der Waals surface area contributed by atoms with Crippen LogP contribution in [0.4, 0.5) is 5.69 Å². The molecule has 3 rings (SSSR count). The number of halogens is 1. The van der Waals surface area contributed by atoms with Crippen molar-refractivity contribution in [2.24, 2.45) is 0 Å². The van der Waals surface area contributed by atoms with Gasteiger partial charge < -0.3 is 9.64 Å². The predicted molar refractivity (Wildman–Crippen MR) is 101 cm³/mol. The summed E-state index contributed by atoms with van der Waals surface area (Å²) in [5, 5.41) is 0.315. The van der Waals surface area contributed by atoms with Gasteiger partial charge in [-0.3, -0.25) is 4.79 Å². The summed E-state index contributed by atoms with van der Waals surface area (Å²) in [6, 6.07) is 13.0. The molecule has 6 heteroatoms. The van der Waals surface area contributed by atoms with Crippen LogP contribution in [-0.4, -0.2) is 30.8 Å². The van der Waals surface area contributed by atoms with Crippen LogP contribution in [0.5, 0.6) is 0 Å². The molecule has 0 aromatic heterocycles. The second kappa shape index (κ2) is 7.50. The number of fused-ring (bicyclic) bond motifs is 1. The molecule has 2 aromatic carbocycles. The van der Waals surface area contributed by atoms with Crippen molar-refractivity contribution >= 4 is 40.9 Å². The first-order valence-electron chi connectivity index (χ1n) is 7.92. The largest absolute Gasteiger partial charge is 0.452 e. The van der Waals surface area contributed by atoms with Crippen LogP contribution in [0, 0.1) is 0 Å². The molecule has 0 spiro atoms. The van der Waals surface area contributed by atoms with E-state index in [1.165, 1.54) is 11.8 Å². The molecule has 0 aliphatic carbocycles. The lowest BCUT2D eigenvalue weighted by Gasteiger charge is -2.22. The zero-order valence-corrected chi connectivity index (χ0v) is 15.6. The molecule has 0 saturated heterocycles. The summed E-state index contributed by atoms with van der Waals surface area (Å²) in [5.41, 5.74) is 2.29. The Bertz CT molecular complexity index is 824. The number of amides is 1. The minimum absolute atomic E-state index is 0.0482. The van der Waals surface area contributed by atoms with E-state index in [0.717, 1.165) is 22.6 Å². The van der Waals surface area contributed by atoms with E-state index in [1.54, 1.807) is 17.0 Å². The number of esters is 1. The van der Waals surface area contributed by atoms with Crippen LogP contribution in [0.2, 0.25) is 5.02 Å². The number of ether oxygens (including phenoxy) is 1. The summed E-state index contributed by atoms with van der Waals surface area (Å²) in [7, 11) is 0. The average molecular weight is 376 g/mol. The van der Waals surface area contributed by atoms with Gasteiger partial charge in [0.1, 0.15) is 0 Å². The maximum absolute atomic E-state index is 12.6. The highest BCUT2D eigenvalue weighted by atomic mass is 35.5. The van der Waals surface area contributed by atoms with Gasteiger partial charge in [-0.1, -0.05) is 29.8 Å². The number of carbonyl (C=O) groups excluding carboxylic acids is 2. The molecular formula is C19H18ClNO3S. The quantitative estimate of drug-likeness (QED) is 0.593. The highest BCUT2D eigenvalue weighted by Crippen LogP contribution is 2.32. The van der Waals surface area contributed by atoms with Crippen LogP contribution in [0.1, 0.15) is 22.8 Å². The first-order chi connectivity index (χ1) is 12.0. The molecule has 2 aromatic rings. The van der Waals surface area contributed by atoms with Crippen LogP contribution >= 0.6 is 23.4 Å². The van der Waals surface area contributed by atoms with Crippen molar-refractivity contribution in [2.75, 3.05) is 17.8 Å². The van der Waals surface area contributed by atoms with Gasteiger partial charge >= 0.3 is 5.97 Å². The molecule has 1 heterocycles. The second-order valence-corrected chi connectivity index (χ2v) is 7.15. The number of nitrogens with zero attached hydrogens (tertiary/aromatic N) is 1. The molecular weight excluding hydrogens is 358 g/mol. The molecule has 0 N–H and O–H groups in total. The fourth-order valence-corrected chi connectivity index (χ4v) is 3.64. The van der Waals surface area contributed by atoms with Gasteiger partial charge in [-0.2, -0.15) is 0 Å². The third-order valence-electron chi connectivity index (χ3n) is 4.20. The number of thioether (sulfide) groups is 1. The van der Waals surface area contributed by atoms with Crippen molar-refractivity contribution in [1.29, 1.82) is 0 Å². The number of anilines is 1. The maximum Gasteiger partial charge on any atom is 0.340 e. The monoisotopic (exact) mass is 375 g/mol. The van der Waals surface area contributed by atoms with Gasteiger partial charge in [-0.15, -0.1) is 11.8 Å². The van der Waals surface area contributed by atoms with Gasteiger partial charge in [0.15, 0.2) is 6.61 Å². The van der Waals surface area contributed by atoms with Crippen molar-refractivity contribution in [3.05, 3.63) is 58.6 Å². The van der Waals surface area contributed by atoms with Crippen LogP contribution in [0.25, 0.3) is 0 Å². The first kappa shape index (κ1) is 17.8. The summed E-state index contributed by atoms with van der Waals surface area (Å²) in [6.07, 6.45) is 2.71. The van der Waals surface area contributed by atoms with Crippen molar-refractivity contribution in [2.45, 2.75) is 24.3 Å². The Balaban J connectivity index is 1.70. The van der Waals surface area contributed by atoms with Gasteiger partial charge in [-0.25, -0.2) is 4.79 Å². The Hall–Kier alpha value is -1.98. The van der Waals surface area contributed by atoms with E-state index in [-0.39, 0.29) is 24.1 Å². The normalized spacial score (nSPS) is 15.8. The Morgan fingerprint density at radius 3 is 2.80 bits per heavy atom. The minimum Gasteiger partial charge on any atom is -0.452 e. The summed E-state index contributed by atoms with van der Waals surface area (Å²) >= 11 is 7.58. The van der Waals surface area contributed by atoms with E-state index < -0.39 is 5.97 Å². The van der Waals surface area contributed by atoms with E-state index in [9.17, 15) is 9.59 Å². The number of hydrogen-bond donors (Lipinski definition) is 0. The van der Waals surface area contributed by atoms with Gasteiger partial charge in [-0.05, 0) is 49.4 Å². The summed E-state index contributed by atoms with van der Waals surface area (Å²) in [4.78, 5) is 27.5. The summed E-state index contributed by atoms with van der Waals surface area (Å²) < 4.78 is 5.22. The van der Waals surface area contributed by atoms with E-state index in [2.05, 4.69) is 0 Å². The molecule has 0 saturated carbocycles. The molecule has 1 atom stereocenters. The molecule has 1 aliphatic heterocycles. The van der Waals surface area contributed by atoms with Crippen molar-refractivity contribution in [1.82, 2.24) is 0 Å². The van der Waals surface area contributed by atoms with E-state index >= 15 is 0 Å². The first-order valence-corrected chi connectivity index (χ1v) is 9.52.